The third-order valence-corrected chi connectivity index (χ3v) is 5.88. The Balaban J connectivity index is 1.70. The van der Waals surface area contributed by atoms with Crippen molar-refractivity contribution in [2.75, 3.05) is 13.2 Å². The van der Waals surface area contributed by atoms with Crippen molar-refractivity contribution >= 4 is 0 Å². The maximum absolute atomic E-state index is 9.48. The normalized spacial score (nSPS) is 36.0. The second-order valence-electron chi connectivity index (χ2n) is 8.33. The predicted molar refractivity (Wildman–Crippen MR) is 85.7 cm³/mol. The van der Waals surface area contributed by atoms with E-state index in [9.17, 15) is 5.11 Å². The van der Waals surface area contributed by atoms with Crippen molar-refractivity contribution < 1.29 is 5.11 Å². The maximum atomic E-state index is 9.48. The highest BCUT2D eigenvalue weighted by atomic mass is 16.3. The second-order valence-corrected chi connectivity index (χ2v) is 8.33. The summed E-state index contributed by atoms with van der Waals surface area (Å²) < 4.78 is 0. The molecule has 2 N–H and O–H groups in total. The summed E-state index contributed by atoms with van der Waals surface area (Å²) in [6, 6.07) is 0.578. The van der Waals surface area contributed by atoms with Crippen LogP contribution < -0.4 is 5.32 Å². The molecule has 2 nitrogen and oxygen atoms in total. The summed E-state index contributed by atoms with van der Waals surface area (Å²) >= 11 is 0. The lowest BCUT2D eigenvalue weighted by Gasteiger charge is -2.38. The van der Waals surface area contributed by atoms with E-state index in [0.717, 1.165) is 11.8 Å². The largest absolute Gasteiger partial charge is 0.396 e. The lowest BCUT2D eigenvalue weighted by molar-refractivity contribution is 0.130. The minimum atomic E-state index is 0.369. The molecule has 0 aromatic carbocycles. The molecule has 0 bridgehead atoms. The molecule has 2 fully saturated rings. The maximum Gasteiger partial charge on any atom is 0.0474 e. The Kier molecular flexibility index (Phi) is 5.92. The molecule has 0 amide bonds. The van der Waals surface area contributed by atoms with Crippen LogP contribution in [0.4, 0.5) is 0 Å². The highest BCUT2D eigenvalue weighted by Crippen LogP contribution is 2.39. The Hall–Kier alpha value is -0.0800. The number of rotatable bonds is 4. The standard InChI is InChI=1S/C18H35NO/c1-18(2,3)16-10-8-14(9-11-16)12-19-17-7-5-4-6-15(17)13-20/h14-17,19-20H,4-13H2,1-3H3. The first kappa shape index (κ1) is 16.3. The van der Waals surface area contributed by atoms with Crippen molar-refractivity contribution in [2.24, 2.45) is 23.2 Å². The van der Waals surface area contributed by atoms with Gasteiger partial charge in [-0.15, -0.1) is 0 Å². The van der Waals surface area contributed by atoms with E-state index in [2.05, 4.69) is 26.1 Å². The lowest BCUT2D eigenvalue weighted by atomic mass is 9.70. The number of aliphatic hydroxyl groups is 1. The van der Waals surface area contributed by atoms with Crippen molar-refractivity contribution in [3.05, 3.63) is 0 Å². The zero-order valence-electron chi connectivity index (χ0n) is 13.8. The van der Waals surface area contributed by atoms with Crippen LogP contribution >= 0.6 is 0 Å². The fourth-order valence-corrected chi connectivity index (χ4v) is 4.25. The molecule has 0 aromatic heterocycles. The van der Waals surface area contributed by atoms with Gasteiger partial charge in [0.15, 0.2) is 0 Å². The SMILES string of the molecule is CC(C)(C)C1CCC(CNC2CCCCC2CO)CC1. The van der Waals surface area contributed by atoms with E-state index in [1.165, 1.54) is 57.9 Å². The fraction of sp³-hybridized carbons (Fsp3) is 1.00. The van der Waals surface area contributed by atoms with Crippen LogP contribution in [-0.2, 0) is 0 Å². The first-order valence-electron chi connectivity index (χ1n) is 8.85. The van der Waals surface area contributed by atoms with Crippen LogP contribution in [0.1, 0.15) is 72.1 Å². The van der Waals surface area contributed by atoms with Gasteiger partial charge in [-0.1, -0.05) is 33.6 Å². The van der Waals surface area contributed by atoms with E-state index >= 15 is 0 Å². The number of hydrogen-bond acceptors (Lipinski definition) is 2. The van der Waals surface area contributed by atoms with Gasteiger partial charge in [0.2, 0.25) is 0 Å². The summed E-state index contributed by atoms with van der Waals surface area (Å²) in [4.78, 5) is 0. The average Bonchev–Trinajstić information content (AvgIpc) is 2.45. The molecule has 2 aliphatic carbocycles. The average molecular weight is 281 g/mol. The van der Waals surface area contributed by atoms with Gasteiger partial charge < -0.3 is 10.4 Å². The van der Waals surface area contributed by atoms with E-state index < -0.39 is 0 Å². The zero-order chi connectivity index (χ0) is 14.6. The number of nitrogens with one attached hydrogen (secondary N) is 1. The van der Waals surface area contributed by atoms with Crippen molar-refractivity contribution in [3.8, 4) is 0 Å². The predicted octanol–water partition coefficient (Wildman–Crippen LogP) is 3.98. The molecule has 2 aliphatic rings. The lowest BCUT2D eigenvalue weighted by Crippen LogP contribution is -2.43. The quantitative estimate of drug-likeness (QED) is 0.817. The molecule has 0 aromatic rings. The smallest absolute Gasteiger partial charge is 0.0474 e. The van der Waals surface area contributed by atoms with Crippen LogP contribution in [-0.4, -0.2) is 24.3 Å². The van der Waals surface area contributed by atoms with Crippen LogP contribution in [0.25, 0.3) is 0 Å². The number of aliphatic hydroxyl groups excluding tert-OH is 1. The fourth-order valence-electron chi connectivity index (χ4n) is 4.25. The van der Waals surface area contributed by atoms with Gasteiger partial charge in [0, 0.05) is 12.6 Å². The summed E-state index contributed by atoms with van der Waals surface area (Å²) in [5.74, 6) is 2.29. The number of hydrogen-bond donors (Lipinski definition) is 2. The zero-order valence-corrected chi connectivity index (χ0v) is 13.8. The summed E-state index contributed by atoms with van der Waals surface area (Å²) in [5, 5.41) is 13.3. The molecule has 118 valence electrons. The van der Waals surface area contributed by atoms with Crippen LogP contribution in [0.3, 0.4) is 0 Å². The van der Waals surface area contributed by atoms with Gasteiger partial charge >= 0.3 is 0 Å². The molecular weight excluding hydrogens is 246 g/mol. The van der Waals surface area contributed by atoms with E-state index in [4.69, 9.17) is 0 Å². The molecule has 0 aliphatic heterocycles. The second kappa shape index (κ2) is 7.26. The molecule has 0 radical (unpaired) electrons. The minimum absolute atomic E-state index is 0.369. The summed E-state index contributed by atoms with van der Waals surface area (Å²) in [7, 11) is 0. The third-order valence-electron chi connectivity index (χ3n) is 5.88. The molecular formula is C18H35NO. The first-order valence-corrected chi connectivity index (χ1v) is 8.85. The molecule has 2 unspecified atom stereocenters. The van der Waals surface area contributed by atoms with Gasteiger partial charge in [0.1, 0.15) is 0 Å². The van der Waals surface area contributed by atoms with Gasteiger partial charge in [0.25, 0.3) is 0 Å². The van der Waals surface area contributed by atoms with Gasteiger partial charge in [-0.2, -0.15) is 0 Å². The Morgan fingerprint density at radius 3 is 2.20 bits per heavy atom. The Bertz CT molecular complexity index is 276. The van der Waals surface area contributed by atoms with Gasteiger partial charge in [-0.25, -0.2) is 0 Å². The van der Waals surface area contributed by atoms with Crippen molar-refractivity contribution in [2.45, 2.75) is 78.2 Å². The molecule has 0 saturated heterocycles. The van der Waals surface area contributed by atoms with Crippen molar-refractivity contribution in [1.82, 2.24) is 5.32 Å². The van der Waals surface area contributed by atoms with Crippen LogP contribution in [0.5, 0.6) is 0 Å². The Labute approximate surface area is 125 Å². The van der Waals surface area contributed by atoms with E-state index in [-0.39, 0.29) is 0 Å². The highest BCUT2D eigenvalue weighted by molar-refractivity contribution is 4.84. The summed E-state index contributed by atoms with van der Waals surface area (Å²) in [6.07, 6.45) is 10.7. The Morgan fingerprint density at radius 2 is 1.60 bits per heavy atom. The summed E-state index contributed by atoms with van der Waals surface area (Å²) in [5.41, 5.74) is 0.490. The van der Waals surface area contributed by atoms with E-state index in [1.54, 1.807) is 0 Å². The van der Waals surface area contributed by atoms with Crippen molar-refractivity contribution in [1.29, 1.82) is 0 Å². The molecule has 20 heavy (non-hydrogen) atoms. The van der Waals surface area contributed by atoms with Gasteiger partial charge in [0.05, 0.1) is 0 Å². The molecule has 2 atom stereocenters. The van der Waals surface area contributed by atoms with Crippen molar-refractivity contribution in [3.63, 3.8) is 0 Å². The van der Waals surface area contributed by atoms with Crippen LogP contribution in [0, 0.1) is 23.2 Å². The molecule has 2 heteroatoms. The third kappa shape index (κ3) is 4.46. The van der Waals surface area contributed by atoms with E-state index in [0.29, 0.717) is 24.0 Å². The van der Waals surface area contributed by atoms with Gasteiger partial charge in [-0.05, 0) is 68.2 Å². The van der Waals surface area contributed by atoms with Gasteiger partial charge in [-0.3, -0.25) is 0 Å². The molecule has 0 heterocycles. The van der Waals surface area contributed by atoms with Crippen LogP contribution in [0.15, 0.2) is 0 Å². The highest BCUT2D eigenvalue weighted by Gasteiger charge is 2.30. The topological polar surface area (TPSA) is 32.3 Å². The van der Waals surface area contributed by atoms with Crippen LogP contribution in [0.2, 0.25) is 0 Å². The van der Waals surface area contributed by atoms with E-state index in [1.807, 2.05) is 0 Å². The molecule has 2 saturated carbocycles. The minimum Gasteiger partial charge on any atom is -0.396 e. The monoisotopic (exact) mass is 281 g/mol. The summed E-state index contributed by atoms with van der Waals surface area (Å²) in [6.45, 7) is 8.73. The molecule has 0 spiro atoms. The first-order chi connectivity index (χ1) is 9.50. The Morgan fingerprint density at radius 1 is 0.950 bits per heavy atom. The molecule has 2 rings (SSSR count).